The van der Waals surface area contributed by atoms with E-state index in [1.54, 1.807) is 0 Å². The van der Waals surface area contributed by atoms with Crippen molar-refractivity contribution in [2.24, 2.45) is 0 Å². The largest absolute Gasteiger partial charge is 0.383 e. The van der Waals surface area contributed by atoms with Gasteiger partial charge < -0.3 is 5.73 Å². The maximum Gasteiger partial charge on any atom is 0.142 e. The predicted molar refractivity (Wildman–Crippen MR) is 48.7 cm³/mol. The first kappa shape index (κ1) is 9.28. The van der Waals surface area contributed by atoms with Gasteiger partial charge >= 0.3 is 0 Å². The highest BCUT2D eigenvalue weighted by molar-refractivity contribution is 7.91. The molecule has 0 fully saturated rings. The highest BCUT2D eigenvalue weighted by atomic mass is 35.5. The number of pyridine rings is 1. The van der Waals surface area contributed by atoms with Crippen molar-refractivity contribution in [1.29, 1.82) is 4.78 Å². The molecule has 1 rings (SSSR count). The normalized spacial score (nSPS) is 15.5. The molecule has 1 atom stereocenters. The Morgan fingerprint density at radius 2 is 2.25 bits per heavy atom. The third kappa shape index (κ3) is 1.86. The van der Waals surface area contributed by atoms with Gasteiger partial charge in [0.05, 0.1) is 14.6 Å². The summed E-state index contributed by atoms with van der Waals surface area (Å²) in [7, 11) is -2.80. The van der Waals surface area contributed by atoms with Gasteiger partial charge in [-0.25, -0.2) is 14.0 Å². The SMILES string of the molecule is C[S@@](=N)(=O)c1ccc(Cl)nc1N. The first-order valence-electron chi connectivity index (χ1n) is 3.07. The molecule has 0 aliphatic carbocycles. The van der Waals surface area contributed by atoms with E-state index in [0.717, 1.165) is 0 Å². The van der Waals surface area contributed by atoms with Gasteiger partial charge in [-0.2, -0.15) is 0 Å². The van der Waals surface area contributed by atoms with Gasteiger partial charge in [0.25, 0.3) is 0 Å². The second kappa shape index (κ2) is 2.91. The van der Waals surface area contributed by atoms with Crippen LogP contribution in [0.5, 0.6) is 0 Å². The number of nitrogens with zero attached hydrogens (tertiary/aromatic N) is 1. The molecule has 0 amide bonds. The zero-order chi connectivity index (χ0) is 9.35. The third-order valence-corrected chi connectivity index (χ3v) is 2.67. The van der Waals surface area contributed by atoms with Crippen LogP contribution in [0, 0.1) is 4.78 Å². The average Bonchev–Trinajstić information content (AvgIpc) is 1.83. The molecule has 0 aromatic carbocycles. The molecule has 4 nitrogen and oxygen atoms in total. The third-order valence-electron chi connectivity index (χ3n) is 1.27. The molecule has 66 valence electrons. The van der Waals surface area contributed by atoms with Crippen molar-refractivity contribution in [1.82, 2.24) is 4.98 Å². The van der Waals surface area contributed by atoms with E-state index in [-0.39, 0.29) is 15.9 Å². The summed E-state index contributed by atoms with van der Waals surface area (Å²) in [5.74, 6) is 0.0602. The number of nitrogen functional groups attached to an aromatic ring is 1. The van der Waals surface area contributed by atoms with Crippen LogP contribution in [0.1, 0.15) is 0 Å². The second-order valence-corrected chi connectivity index (χ2v) is 4.88. The van der Waals surface area contributed by atoms with Crippen molar-refractivity contribution in [3.8, 4) is 0 Å². The molecule has 1 heterocycles. The van der Waals surface area contributed by atoms with Crippen molar-refractivity contribution in [3.05, 3.63) is 17.3 Å². The number of rotatable bonds is 1. The minimum atomic E-state index is -2.80. The summed E-state index contributed by atoms with van der Waals surface area (Å²) >= 11 is 5.52. The Bertz CT molecular complexity index is 401. The van der Waals surface area contributed by atoms with Gasteiger partial charge in [0.2, 0.25) is 0 Å². The van der Waals surface area contributed by atoms with Crippen LogP contribution in [0.4, 0.5) is 5.82 Å². The summed E-state index contributed by atoms with van der Waals surface area (Å²) in [6.07, 6.45) is 1.29. The Balaban J connectivity index is 3.39. The number of nitrogens with two attached hydrogens (primary N) is 1. The minimum Gasteiger partial charge on any atom is -0.383 e. The van der Waals surface area contributed by atoms with Crippen LogP contribution < -0.4 is 5.73 Å². The zero-order valence-electron chi connectivity index (χ0n) is 6.37. The summed E-state index contributed by atoms with van der Waals surface area (Å²) in [6.45, 7) is 0. The van der Waals surface area contributed by atoms with E-state index in [0.29, 0.717) is 0 Å². The van der Waals surface area contributed by atoms with Gasteiger partial charge in [-0.1, -0.05) is 11.6 Å². The molecule has 1 aromatic heterocycles. The fraction of sp³-hybridized carbons (Fsp3) is 0.167. The van der Waals surface area contributed by atoms with Gasteiger partial charge in [-0.05, 0) is 12.1 Å². The summed E-state index contributed by atoms with van der Waals surface area (Å²) in [5, 5.41) is 0.236. The van der Waals surface area contributed by atoms with E-state index in [9.17, 15) is 4.21 Å². The van der Waals surface area contributed by atoms with Crippen LogP contribution in [0.15, 0.2) is 17.0 Å². The van der Waals surface area contributed by atoms with Crippen molar-refractivity contribution in [3.63, 3.8) is 0 Å². The van der Waals surface area contributed by atoms with E-state index in [1.807, 2.05) is 0 Å². The standard InChI is InChI=1S/C6H8ClN3OS/c1-12(9,11)4-2-3-5(7)10-6(4)8/h2-3,9H,1H3,(H2,8,10)/t12-/m1/s1. The molecule has 3 N–H and O–H groups in total. The topological polar surface area (TPSA) is 79.8 Å². The minimum absolute atomic E-state index is 0.0602. The Morgan fingerprint density at radius 3 is 2.67 bits per heavy atom. The lowest BCUT2D eigenvalue weighted by atomic mass is 10.5. The molecule has 12 heavy (non-hydrogen) atoms. The molecule has 0 aliphatic heterocycles. The molecule has 1 aromatic rings. The van der Waals surface area contributed by atoms with Gasteiger partial charge in [0, 0.05) is 6.26 Å². The Hall–Kier alpha value is -0.810. The lowest BCUT2D eigenvalue weighted by molar-refractivity contribution is 0.679. The zero-order valence-corrected chi connectivity index (χ0v) is 7.95. The molecule has 0 aliphatic rings. The van der Waals surface area contributed by atoms with E-state index in [1.165, 1.54) is 18.4 Å². The Morgan fingerprint density at radius 1 is 1.67 bits per heavy atom. The average molecular weight is 206 g/mol. The number of nitrogens with one attached hydrogen (secondary N) is 1. The molecular weight excluding hydrogens is 198 g/mol. The molecule has 0 saturated heterocycles. The molecule has 0 spiro atoms. The maximum absolute atomic E-state index is 11.2. The van der Waals surface area contributed by atoms with Gasteiger partial charge in [-0.15, -0.1) is 0 Å². The summed E-state index contributed by atoms with van der Waals surface area (Å²) < 4.78 is 18.5. The number of halogens is 1. The fourth-order valence-corrected chi connectivity index (χ4v) is 1.69. The number of anilines is 1. The molecular formula is C6H8ClN3OS. The second-order valence-electron chi connectivity index (χ2n) is 2.36. The van der Waals surface area contributed by atoms with Crippen LogP contribution in [-0.2, 0) is 9.73 Å². The first-order chi connectivity index (χ1) is 5.41. The van der Waals surface area contributed by atoms with E-state index in [4.69, 9.17) is 22.1 Å². The summed E-state index contributed by atoms with van der Waals surface area (Å²) in [4.78, 5) is 3.91. The monoisotopic (exact) mass is 205 g/mol. The van der Waals surface area contributed by atoms with E-state index >= 15 is 0 Å². The molecule has 0 bridgehead atoms. The van der Waals surface area contributed by atoms with Gasteiger partial charge in [0.1, 0.15) is 11.0 Å². The van der Waals surface area contributed by atoms with Crippen LogP contribution in [0.25, 0.3) is 0 Å². The van der Waals surface area contributed by atoms with Gasteiger partial charge in [0.15, 0.2) is 0 Å². The lowest BCUT2D eigenvalue weighted by Gasteiger charge is -2.03. The number of hydrogen-bond donors (Lipinski definition) is 2. The number of hydrogen-bond acceptors (Lipinski definition) is 4. The Labute approximate surface area is 75.7 Å². The van der Waals surface area contributed by atoms with Crippen molar-refractivity contribution < 1.29 is 4.21 Å². The van der Waals surface area contributed by atoms with E-state index in [2.05, 4.69) is 4.98 Å². The predicted octanol–water partition coefficient (Wildman–Crippen LogP) is 1.35. The summed E-state index contributed by atoms with van der Waals surface area (Å²) in [6, 6.07) is 2.92. The first-order valence-corrected chi connectivity index (χ1v) is 5.41. The van der Waals surface area contributed by atoms with Gasteiger partial charge in [-0.3, -0.25) is 0 Å². The van der Waals surface area contributed by atoms with Crippen LogP contribution >= 0.6 is 11.6 Å². The highest BCUT2D eigenvalue weighted by Crippen LogP contribution is 2.18. The quantitative estimate of drug-likeness (QED) is 0.680. The smallest absolute Gasteiger partial charge is 0.142 e. The van der Waals surface area contributed by atoms with Crippen molar-refractivity contribution in [2.45, 2.75) is 4.90 Å². The molecule has 0 saturated carbocycles. The Kier molecular flexibility index (Phi) is 2.25. The molecule has 0 radical (unpaired) electrons. The fourth-order valence-electron chi connectivity index (χ4n) is 0.767. The maximum atomic E-state index is 11.2. The highest BCUT2D eigenvalue weighted by Gasteiger charge is 2.08. The number of aromatic nitrogens is 1. The summed E-state index contributed by atoms with van der Waals surface area (Å²) in [5.41, 5.74) is 5.41. The van der Waals surface area contributed by atoms with E-state index < -0.39 is 9.73 Å². The van der Waals surface area contributed by atoms with Crippen molar-refractivity contribution in [2.75, 3.05) is 12.0 Å². The van der Waals surface area contributed by atoms with Crippen molar-refractivity contribution >= 4 is 27.1 Å². The molecule has 6 heteroatoms. The van der Waals surface area contributed by atoms with Crippen LogP contribution in [0.2, 0.25) is 5.15 Å². The molecule has 0 unspecified atom stereocenters. The lowest BCUT2D eigenvalue weighted by Crippen LogP contribution is -2.02. The van der Waals surface area contributed by atoms with Crippen LogP contribution in [0.3, 0.4) is 0 Å². The van der Waals surface area contributed by atoms with Crippen LogP contribution in [-0.4, -0.2) is 15.4 Å².